The summed E-state index contributed by atoms with van der Waals surface area (Å²) in [5.41, 5.74) is -3.35. The van der Waals surface area contributed by atoms with Crippen LogP contribution in [-0.4, -0.2) is 54.3 Å². The Labute approximate surface area is 189 Å². The van der Waals surface area contributed by atoms with Crippen LogP contribution >= 0.6 is 0 Å². The van der Waals surface area contributed by atoms with Crippen LogP contribution in [0.3, 0.4) is 0 Å². The van der Waals surface area contributed by atoms with Gasteiger partial charge in [-0.15, -0.1) is 0 Å². The number of halogens is 3. The van der Waals surface area contributed by atoms with E-state index in [4.69, 9.17) is 4.74 Å². The maximum Gasteiger partial charge on any atom is 0.417 e. The van der Waals surface area contributed by atoms with Crippen LogP contribution in [0.5, 0.6) is 0 Å². The number of carbonyl (C=O) groups excluding carboxylic acids is 2. The van der Waals surface area contributed by atoms with Gasteiger partial charge in [0.1, 0.15) is 17.2 Å². The van der Waals surface area contributed by atoms with E-state index in [1.54, 1.807) is 20.8 Å². The minimum absolute atomic E-state index is 0.412. The molecular formula is C21H24F3N3O5S. The maximum absolute atomic E-state index is 13.4. The molecule has 1 aromatic rings. The largest absolute Gasteiger partial charge is 0.444 e. The number of benzene rings is 1. The molecule has 0 unspecified atom stereocenters. The molecule has 1 heterocycles. The molecule has 33 heavy (non-hydrogen) atoms. The Kier molecular flexibility index (Phi) is 6.17. The number of hydrogen-bond acceptors (Lipinski definition) is 6. The van der Waals surface area contributed by atoms with E-state index >= 15 is 0 Å². The summed E-state index contributed by atoms with van der Waals surface area (Å²) in [7, 11) is -4.58. The van der Waals surface area contributed by atoms with Crippen LogP contribution in [-0.2, 0) is 25.5 Å². The molecule has 1 N–H and O–H groups in total. The van der Waals surface area contributed by atoms with Gasteiger partial charge in [-0.2, -0.15) is 18.4 Å². The van der Waals surface area contributed by atoms with Gasteiger partial charge in [0.2, 0.25) is 5.91 Å². The van der Waals surface area contributed by atoms with Crippen molar-refractivity contribution in [2.24, 2.45) is 0 Å². The number of nitriles is 1. The van der Waals surface area contributed by atoms with E-state index in [1.807, 2.05) is 6.07 Å². The number of sulfone groups is 1. The molecule has 1 saturated heterocycles. The summed E-state index contributed by atoms with van der Waals surface area (Å²) >= 11 is 0. The lowest BCUT2D eigenvalue weighted by Gasteiger charge is -2.28. The fraction of sp³-hybridized carbons (Fsp3) is 0.571. The minimum atomic E-state index is -4.91. The van der Waals surface area contributed by atoms with E-state index in [1.165, 1.54) is 6.07 Å². The van der Waals surface area contributed by atoms with Crippen molar-refractivity contribution < 1.29 is 35.9 Å². The van der Waals surface area contributed by atoms with Gasteiger partial charge in [0.25, 0.3) is 0 Å². The number of hydrogen-bond donors (Lipinski definition) is 1. The van der Waals surface area contributed by atoms with Gasteiger partial charge in [0.05, 0.1) is 21.8 Å². The summed E-state index contributed by atoms with van der Waals surface area (Å²) in [6, 6.07) is 4.44. The van der Waals surface area contributed by atoms with Crippen LogP contribution < -0.4 is 5.32 Å². The number of carbonyl (C=O) groups is 2. The lowest BCUT2D eigenvalue weighted by atomic mass is 10.2. The molecule has 180 valence electrons. The van der Waals surface area contributed by atoms with Crippen molar-refractivity contribution in [3.8, 4) is 6.07 Å². The Balaban J connectivity index is 1.95. The van der Waals surface area contributed by atoms with Gasteiger partial charge in [-0.05, 0) is 52.2 Å². The summed E-state index contributed by atoms with van der Waals surface area (Å²) in [4.78, 5) is 25.6. The summed E-state index contributed by atoms with van der Waals surface area (Å²) in [6.45, 7) is 4.22. The molecule has 0 spiro atoms. The zero-order valence-corrected chi connectivity index (χ0v) is 19.1. The Morgan fingerprint density at radius 3 is 2.33 bits per heavy atom. The topological polar surface area (TPSA) is 117 Å². The number of nitrogens with one attached hydrogen (secondary N) is 1. The van der Waals surface area contributed by atoms with E-state index in [0.717, 1.165) is 17.0 Å². The Morgan fingerprint density at radius 2 is 1.82 bits per heavy atom. The van der Waals surface area contributed by atoms with Crippen molar-refractivity contribution in [1.82, 2.24) is 10.2 Å². The fourth-order valence-electron chi connectivity index (χ4n) is 3.63. The summed E-state index contributed by atoms with van der Waals surface area (Å²) in [6.07, 6.45) is -5.48. The summed E-state index contributed by atoms with van der Waals surface area (Å²) in [5.74, 6) is -0.748. The molecule has 0 bridgehead atoms. The molecule has 8 nitrogen and oxygen atoms in total. The summed E-state index contributed by atoms with van der Waals surface area (Å²) < 4.78 is 72.1. The first-order chi connectivity index (χ1) is 15.1. The average Bonchev–Trinajstić information content (AvgIpc) is 3.31. The van der Waals surface area contributed by atoms with E-state index in [0.29, 0.717) is 18.9 Å². The van der Waals surface area contributed by atoms with Gasteiger partial charge in [-0.1, -0.05) is 12.1 Å². The van der Waals surface area contributed by atoms with Gasteiger partial charge in [-0.3, -0.25) is 9.69 Å². The smallest absolute Gasteiger partial charge is 0.417 e. The number of ether oxygens (including phenoxy) is 1. The lowest BCUT2D eigenvalue weighted by molar-refractivity contribution is -0.139. The zero-order chi connectivity index (χ0) is 24.8. The molecule has 2 aliphatic rings. The molecule has 1 aromatic carbocycles. The van der Waals surface area contributed by atoms with Crippen molar-refractivity contribution in [3.63, 3.8) is 0 Å². The zero-order valence-electron chi connectivity index (χ0n) is 18.3. The number of likely N-dealkylation sites (tertiary alicyclic amines) is 1. The lowest BCUT2D eigenvalue weighted by Crippen LogP contribution is -2.50. The Bertz CT molecular complexity index is 1100. The van der Waals surface area contributed by atoms with Gasteiger partial charge >= 0.3 is 12.3 Å². The van der Waals surface area contributed by atoms with Crippen LogP contribution in [0.15, 0.2) is 29.2 Å². The third-order valence-corrected chi connectivity index (χ3v) is 7.65. The molecule has 2 fully saturated rings. The monoisotopic (exact) mass is 487 g/mol. The molecule has 12 heteroatoms. The van der Waals surface area contributed by atoms with E-state index < -0.39 is 73.9 Å². The first-order valence-electron chi connectivity index (χ1n) is 10.2. The quantitative estimate of drug-likeness (QED) is 0.698. The second-order valence-electron chi connectivity index (χ2n) is 9.23. The Hall–Kier alpha value is -2.81. The second kappa shape index (κ2) is 8.20. The normalized spacial score (nSPS) is 22.4. The first-order valence-corrected chi connectivity index (χ1v) is 11.8. The number of amides is 2. The van der Waals surface area contributed by atoms with Crippen molar-refractivity contribution in [2.45, 2.75) is 73.5 Å². The van der Waals surface area contributed by atoms with Gasteiger partial charge in [-0.25, -0.2) is 13.2 Å². The minimum Gasteiger partial charge on any atom is -0.444 e. The molecule has 2 atom stereocenters. The molecule has 1 aliphatic heterocycles. The molecule has 1 saturated carbocycles. The molecule has 2 amide bonds. The van der Waals surface area contributed by atoms with Gasteiger partial charge in [0.15, 0.2) is 9.84 Å². The van der Waals surface area contributed by atoms with Crippen molar-refractivity contribution in [1.29, 1.82) is 5.26 Å². The van der Waals surface area contributed by atoms with Crippen LogP contribution in [0.4, 0.5) is 18.0 Å². The highest BCUT2D eigenvalue weighted by Crippen LogP contribution is 2.39. The van der Waals surface area contributed by atoms with E-state index in [9.17, 15) is 36.4 Å². The molecule has 0 radical (unpaired) electrons. The average molecular weight is 488 g/mol. The predicted octanol–water partition coefficient (Wildman–Crippen LogP) is 3.03. The highest BCUT2D eigenvalue weighted by Gasteiger charge is 2.51. The van der Waals surface area contributed by atoms with E-state index in [2.05, 4.69) is 5.32 Å². The van der Waals surface area contributed by atoms with Crippen LogP contribution in [0.1, 0.15) is 45.6 Å². The maximum atomic E-state index is 13.4. The van der Waals surface area contributed by atoms with Crippen molar-refractivity contribution in [3.05, 3.63) is 29.8 Å². The predicted molar refractivity (Wildman–Crippen MR) is 109 cm³/mol. The molecular weight excluding hydrogens is 463 g/mol. The first kappa shape index (κ1) is 24.8. The molecule has 1 aliphatic carbocycles. The molecule has 3 rings (SSSR count). The van der Waals surface area contributed by atoms with Gasteiger partial charge in [0, 0.05) is 6.54 Å². The number of rotatable bonds is 4. The number of nitrogens with zero attached hydrogens (tertiary/aromatic N) is 2. The highest BCUT2D eigenvalue weighted by atomic mass is 32.2. The van der Waals surface area contributed by atoms with Gasteiger partial charge < -0.3 is 10.1 Å². The van der Waals surface area contributed by atoms with Crippen LogP contribution in [0.2, 0.25) is 0 Å². The van der Waals surface area contributed by atoms with Crippen LogP contribution in [0, 0.1) is 11.3 Å². The number of alkyl halides is 3. The third-order valence-electron chi connectivity index (χ3n) is 5.46. The molecule has 0 aromatic heterocycles. The van der Waals surface area contributed by atoms with Crippen LogP contribution in [0.25, 0.3) is 0 Å². The van der Waals surface area contributed by atoms with Crippen molar-refractivity contribution >= 4 is 21.8 Å². The highest BCUT2D eigenvalue weighted by molar-refractivity contribution is 7.92. The standard InChI is InChI=1S/C21H24F3N3O5S/c1-19(2,3)32-18(29)27-11-13(10-15(27)17(28)26-20(12-25)8-9-20)33(30,31)16-7-5-4-6-14(16)21(22,23)24/h4-7,13,15H,8-11H2,1-3H3,(H,26,28)/t13-,15-/m0/s1. The van der Waals surface area contributed by atoms with E-state index in [-0.39, 0.29) is 0 Å². The third kappa shape index (κ3) is 5.24. The SMILES string of the molecule is CC(C)(C)OC(=O)N1C[C@@H](S(=O)(=O)c2ccccc2C(F)(F)F)C[C@H]1C(=O)NC1(C#N)CC1. The fourth-order valence-corrected chi connectivity index (χ4v) is 5.54. The second-order valence-corrected chi connectivity index (χ2v) is 11.4. The summed E-state index contributed by atoms with van der Waals surface area (Å²) in [5, 5.41) is 10.3. The van der Waals surface area contributed by atoms with Crippen molar-refractivity contribution in [2.75, 3.05) is 6.54 Å². The Morgan fingerprint density at radius 1 is 1.21 bits per heavy atom.